The number of hydrogen-bond donors (Lipinski definition) is 1. The molecule has 20 heavy (non-hydrogen) atoms. The molecular formula is C15H22N2OS2. The topological polar surface area (TPSA) is 36.4 Å². The van der Waals surface area contributed by atoms with Crippen LogP contribution in [0.4, 0.5) is 5.13 Å². The van der Waals surface area contributed by atoms with Crippen molar-refractivity contribution in [3.8, 4) is 0 Å². The summed E-state index contributed by atoms with van der Waals surface area (Å²) in [5, 5.41) is 12.7. The van der Waals surface area contributed by atoms with Crippen molar-refractivity contribution in [3.63, 3.8) is 0 Å². The minimum absolute atomic E-state index is 0.0912. The standard InChI is InChI=1S/C15H22N2OS2/c1-4-11(3)14-13(10-18)20-15(16-14)17(5-2)9-12-7-6-8-19-12/h6-8,11,18H,4-5,9-10H2,1-3H3. The lowest BCUT2D eigenvalue weighted by Gasteiger charge is -2.18. The van der Waals surface area contributed by atoms with Crippen LogP contribution in [0, 0.1) is 0 Å². The minimum atomic E-state index is 0.0912. The third-order valence-electron chi connectivity index (χ3n) is 3.52. The summed E-state index contributed by atoms with van der Waals surface area (Å²) in [5.41, 5.74) is 1.07. The molecule has 0 aromatic carbocycles. The highest BCUT2D eigenvalue weighted by Gasteiger charge is 2.18. The molecule has 2 heterocycles. The largest absolute Gasteiger partial charge is 0.391 e. The number of thiophene rings is 1. The Morgan fingerprint density at radius 1 is 1.40 bits per heavy atom. The Kier molecular flexibility index (Phi) is 5.57. The SMILES string of the molecule is CCC(C)c1nc(N(CC)Cc2cccs2)sc1CO. The lowest BCUT2D eigenvalue weighted by molar-refractivity contribution is 0.283. The molecule has 0 saturated carbocycles. The van der Waals surface area contributed by atoms with Gasteiger partial charge in [0.25, 0.3) is 0 Å². The predicted molar refractivity (Wildman–Crippen MR) is 87.8 cm³/mol. The second-order valence-corrected chi connectivity index (χ2v) is 6.96. The summed E-state index contributed by atoms with van der Waals surface area (Å²) in [6, 6.07) is 4.24. The van der Waals surface area contributed by atoms with E-state index in [1.807, 2.05) is 0 Å². The van der Waals surface area contributed by atoms with Crippen molar-refractivity contribution in [2.45, 2.75) is 46.3 Å². The van der Waals surface area contributed by atoms with E-state index >= 15 is 0 Å². The van der Waals surface area contributed by atoms with E-state index in [0.717, 1.165) is 35.2 Å². The number of nitrogens with zero attached hydrogens (tertiary/aromatic N) is 2. The van der Waals surface area contributed by atoms with Gasteiger partial charge in [-0.05, 0) is 30.7 Å². The fourth-order valence-corrected chi connectivity index (χ4v) is 3.91. The fraction of sp³-hybridized carbons (Fsp3) is 0.533. The van der Waals surface area contributed by atoms with E-state index in [4.69, 9.17) is 4.98 Å². The van der Waals surface area contributed by atoms with E-state index in [2.05, 4.69) is 43.2 Å². The molecule has 0 amide bonds. The van der Waals surface area contributed by atoms with E-state index in [9.17, 15) is 5.11 Å². The van der Waals surface area contributed by atoms with Gasteiger partial charge in [0, 0.05) is 11.4 Å². The molecule has 110 valence electrons. The molecule has 1 atom stereocenters. The molecule has 0 radical (unpaired) electrons. The van der Waals surface area contributed by atoms with Gasteiger partial charge in [0.2, 0.25) is 0 Å². The summed E-state index contributed by atoms with van der Waals surface area (Å²) in [7, 11) is 0. The van der Waals surface area contributed by atoms with Crippen molar-refractivity contribution in [1.82, 2.24) is 4.98 Å². The van der Waals surface area contributed by atoms with Gasteiger partial charge in [-0.1, -0.05) is 31.3 Å². The van der Waals surface area contributed by atoms with Crippen LogP contribution in [0.2, 0.25) is 0 Å². The zero-order chi connectivity index (χ0) is 14.5. The molecule has 0 fully saturated rings. The average Bonchev–Trinajstić information content (AvgIpc) is 3.12. The summed E-state index contributed by atoms with van der Waals surface area (Å²) in [6.45, 7) is 8.40. The third-order valence-corrected chi connectivity index (χ3v) is 5.50. The molecule has 0 aliphatic heterocycles. The molecule has 2 rings (SSSR count). The van der Waals surface area contributed by atoms with Crippen LogP contribution in [0.3, 0.4) is 0 Å². The first-order valence-electron chi connectivity index (χ1n) is 7.07. The number of rotatable bonds is 7. The molecule has 2 aromatic rings. The molecule has 3 nitrogen and oxygen atoms in total. The van der Waals surface area contributed by atoms with Crippen LogP contribution in [0.5, 0.6) is 0 Å². The maximum Gasteiger partial charge on any atom is 0.186 e. The Balaban J connectivity index is 2.23. The van der Waals surface area contributed by atoms with Gasteiger partial charge in [-0.3, -0.25) is 0 Å². The Hall–Kier alpha value is -0.910. The Bertz CT molecular complexity index is 522. The van der Waals surface area contributed by atoms with Gasteiger partial charge < -0.3 is 10.0 Å². The van der Waals surface area contributed by atoms with E-state index in [0.29, 0.717) is 5.92 Å². The van der Waals surface area contributed by atoms with Crippen LogP contribution < -0.4 is 4.90 Å². The van der Waals surface area contributed by atoms with Crippen LogP contribution in [-0.2, 0) is 13.2 Å². The van der Waals surface area contributed by atoms with E-state index in [1.54, 1.807) is 22.7 Å². The van der Waals surface area contributed by atoms with Gasteiger partial charge in [-0.2, -0.15) is 0 Å². The molecule has 0 spiro atoms. The molecule has 0 aliphatic carbocycles. The molecule has 5 heteroatoms. The summed E-state index contributed by atoms with van der Waals surface area (Å²) in [6.07, 6.45) is 1.05. The van der Waals surface area contributed by atoms with E-state index in [-0.39, 0.29) is 6.61 Å². The summed E-state index contributed by atoms with van der Waals surface area (Å²) < 4.78 is 0. The fourth-order valence-electron chi connectivity index (χ4n) is 2.08. The van der Waals surface area contributed by atoms with Crippen molar-refractivity contribution in [2.24, 2.45) is 0 Å². The molecule has 2 aromatic heterocycles. The van der Waals surface area contributed by atoms with Crippen molar-refractivity contribution < 1.29 is 5.11 Å². The van der Waals surface area contributed by atoms with Crippen LogP contribution in [0.1, 0.15) is 48.6 Å². The zero-order valence-electron chi connectivity index (χ0n) is 12.3. The summed E-state index contributed by atoms with van der Waals surface area (Å²) in [4.78, 5) is 9.43. The van der Waals surface area contributed by atoms with Gasteiger partial charge in [-0.15, -0.1) is 11.3 Å². The van der Waals surface area contributed by atoms with Gasteiger partial charge in [0.1, 0.15) is 0 Å². The van der Waals surface area contributed by atoms with Gasteiger partial charge in [0.15, 0.2) is 5.13 Å². The van der Waals surface area contributed by atoms with Crippen molar-refractivity contribution in [3.05, 3.63) is 33.0 Å². The van der Waals surface area contributed by atoms with Crippen LogP contribution >= 0.6 is 22.7 Å². The number of aliphatic hydroxyl groups excluding tert-OH is 1. The highest BCUT2D eigenvalue weighted by Crippen LogP contribution is 2.33. The second kappa shape index (κ2) is 7.20. The lowest BCUT2D eigenvalue weighted by atomic mass is 10.0. The number of aromatic nitrogens is 1. The van der Waals surface area contributed by atoms with Crippen molar-refractivity contribution >= 4 is 27.8 Å². The molecule has 1 unspecified atom stereocenters. The van der Waals surface area contributed by atoms with E-state index in [1.165, 1.54) is 4.88 Å². The first-order valence-corrected chi connectivity index (χ1v) is 8.76. The Morgan fingerprint density at radius 2 is 2.20 bits per heavy atom. The summed E-state index contributed by atoms with van der Waals surface area (Å²) >= 11 is 3.40. The first kappa shape index (κ1) is 15.5. The summed E-state index contributed by atoms with van der Waals surface area (Å²) in [5.74, 6) is 0.405. The second-order valence-electron chi connectivity index (χ2n) is 4.87. The van der Waals surface area contributed by atoms with Gasteiger partial charge in [0.05, 0.1) is 23.7 Å². The van der Waals surface area contributed by atoms with Crippen LogP contribution in [0.25, 0.3) is 0 Å². The normalized spacial score (nSPS) is 12.6. The van der Waals surface area contributed by atoms with Crippen LogP contribution in [0.15, 0.2) is 17.5 Å². The quantitative estimate of drug-likeness (QED) is 0.831. The average molecular weight is 310 g/mol. The molecule has 0 saturated heterocycles. The number of hydrogen-bond acceptors (Lipinski definition) is 5. The zero-order valence-corrected chi connectivity index (χ0v) is 13.9. The van der Waals surface area contributed by atoms with Crippen molar-refractivity contribution in [2.75, 3.05) is 11.4 Å². The Morgan fingerprint density at radius 3 is 2.75 bits per heavy atom. The third kappa shape index (κ3) is 3.40. The van der Waals surface area contributed by atoms with Crippen LogP contribution in [-0.4, -0.2) is 16.6 Å². The minimum Gasteiger partial charge on any atom is -0.391 e. The number of anilines is 1. The monoisotopic (exact) mass is 310 g/mol. The molecule has 0 aliphatic rings. The highest BCUT2D eigenvalue weighted by atomic mass is 32.1. The molecular weight excluding hydrogens is 288 g/mol. The number of thiazole rings is 1. The lowest BCUT2D eigenvalue weighted by Crippen LogP contribution is -2.21. The highest BCUT2D eigenvalue weighted by molar-refractivity contribution is 7.15. The molecule has 1 N–H and O–H groups in total. The first-order chi connectivity index (χ1) is 9.69. The maximum absolute atomic E-state index is 9.54. The van der Waals surface area contributed by atoms with Gasteiger partial charge >= 0.3 is 0 Å². The predicted octanol–water partition coefficient (Wildman–Crippen LogP) is 4.24. The maximum atomic E-state index is 9.54. The number of aliphatic hydroxyl groups is 1. The smallest absolute Gasteiger partial charge is 0.186 e. The molecule has 0 bridgehead atoms. The van der Waals surface area contributed by atoms with Crippen molar-refractivity contribution in [1.29, 1.82) is 0 Å². The Labute approximate surface area is 128 Å². The van der Waals surface area contributed by atoms with E-state index < -0.39 is 0 Å². The van der Waals surface area contributed by atoms with Gasteiger partial charge in [-0.25, -0.2) is 4.98 Å².